The Morgan fingerprint density at radius 2 is 2.31 bits per heavy atom. The lowest BCUT2D eigenvalue weighted by Crippen LogP contribution is -1.98. The Morgan fingerprint density at radius 3 is 2.92 bits per heavy atom. The summed E-state index contributed by atoms with van der Waals surface area (Å²) in [5, 5.41) is 0. The summed E-state index contributed by atoms with van der Waals surface area (Å²) in [6.07, 6.45) is 0.966. The van der Waals surface area contributed by atoms with Crippen molar-refractivity contribution in [2.45, 2.75) is 13.3 Å². The van der Waals surface area contributed by atoms with E-state index in [9.17, 15) is 0 Å². The molecule has 0 atom stereocenters. The Labute approximate surface area is 87.5 Å². The highest BCUT2D eigenvalue weighted by Gasteiger charge is 1.95. The number of halogens is 1. The maximum Gasteiger partial charge on any atom is 0.120 e. The van der Waals surface area contributed by atoms with Crippen molar-refractivity contribution in [3.8, 4) is 5.75 Å². The first-order chi connectivity index (χ1) is 6.22. The third-order valence-corrected chi connectivity index (χ3v) is 2.23. The molecular formula is C11H13BrO. The van der Waals surface area contributed by atoms with Crippen LogP contribution in [0.1, 0.15) is 13.3 Å². The van der Waals surface area contributed by atoms with E-state index in [1.807, 2.05) is 24.3 Å². The third kappa shape index (κ3) is 3.64. The van der Waals surface area contributed by atoms with Gasteiger partial charge in [-0.2, -0.15) is 0 Å². The molecule has 0 radical (unpaired) electrons. The van der Waals surface area contributed by atoms with Crippen LogP contribution in [-0.2, 0) is 0 Å². The molecule has 0 fully saturated rings. The number of ether oxygens (including phenoxy) is 1. The minimum Gasteiger partial charge on any atom is -0.489 e. The molecule has 2 heteroatoms. The first-order valence-corrected chi connectivity index (χ1v) is 5.06. The lowest BCUT2D eigenvalue weighted by Gasteiger charge is -2.06. The molecule has 1 aromatic carbocycles. The fourth-order valence-corrected chi connectivity index (χ4v) is 1.22. The fraction of sp³-hybridized carbons (Fsp3) is 0.273. The lowest BCUT2D eigenvalue weighted by atomic mass is 10.2. The van der Waals surface area contributed by atoms with E-state index in [1.54, 1.807) is 0 Å². The van der Waals surface area contributed by atoms with Crippen LogP contribution in [0.5, 0.6) is 5.75 Å². The Hall–Kier alpha value is -0.760. The van der Waals surface area contributed by atoms with Crippen LogP contribution >= 0.6 is 15.9 Å². The molecule has 70 valence electrons. The second-order valence-electron chi connectivity index (χ2n) is 2.85. The molecule has 0 aliphatic heterocycles. The van der Waals surface area contributed by atoms with Gasteiger partial charge in [-0.05, 0) is 30.2 Å². The van der Waals surface area contributed by atoms with E-state index in [1.165, 1.54) is 0 Å². The van der Waals surface area contributed by atoms with E-state index in [0.717, 1.165) is 22.2 Å². The van der Waals surface area contributed by atoms with Gasteiger partial charge in [-0.3, -0.25) is 0 Å². The summed E-state index contributed by atoms with van der Waals surface area (Å²) < 4.78 is 6.54. The van der Waals surface area contributed by atoms with Crippen LogP contribution < -0.4 is 4.74 Å². The van der Waals surface area contributed by atoms with E-state index in [-0.39, 0.29) is 0 Å². The minimum atomic E-state index is 0.604. The van der Waals surface area contributed by atoms with E-state index in [2.05, 4.69) is 29.4 Å². The molecular weight excluding hydrogens is 228 g/mol. The molecule has 0 spiro atoms. The Balaban J connectivity index is 2.50. The van der Waals surface area contributed by atoms with Gasteiger partial charge in [0.2, 0.25) is 0 Å². The van der Waals surface area contributed by atoms with Crippen LogP contribution in [0.15, 0.2) is 40.9 Å². The molecule has 0 N–H and O–H groups in total. The summed E-state index contributed by atoms with van der Waals surface area (Å²) in [4.78, 5) is 0. The van der Waals surface area contributed by atoms with Gasteiger partial charge in [-0.1, -0.05) is 35.5 Å². The molecule has 0 bridgehead atoms. The first-order valence-electron chi connectivity index (χ1n) is 4.27. The van der Waals surface area contributed by atoms with Crippen molar-refractivity contribution in [3.05, 3.63) is 40.9 Å². The highest BCUT2D eigenvalue weighted by Crippen LogP contribution is 2.18. The van der Waals surface area contributed by atoms with Gasteiger partial charge in [0, 0.05) is 4.47 Å². The Morgan fingerprint density at radius 1 is 1.54 bits per heavy atom. The Bertz CT molecular complexity index is 294. The highest BCUT2D eigenvalue weighted by atomic mass is 79.9. The molecule has 1 rings (SSSR count). The molecule has 0 heterocycles. The number of benzene rings is 1. The quantitative estimate of drug-likeness (QED) is 0.728. The van der Waals surface area contributed by atoms with Gasteiger partial charge < -0.3 is 4.74 Å². The van der Waals surface area contributed by atoms with Crippen molar-refractivity contribution < 1.29 is 4.74 Å². The summed E-state index contributed by atoms with van der Waals surface area (Å²) in [7, 11) is 0. The summed E-state index contributed by atoms with van der Waals surface area (Å²) in [5.74, 6) is 0.879. The van der Waals surface area contributed by atoms with Gasteiger partial charge in [-0.15, -0.1) is 0 Å². The van der Waals surface area contributed by atoms with Crippen molar-refractivity contribution >= 4 is 15.9 Å². The summed E-state index contributed by atoms with van der Waals surface area (Å²) >= 11 is 3.38. The van der Waals surface area contributed by atoms with Crippen molar-refractivity contribution in [3.63, 3.8) is 0 Å². The topological polar surface area (TPSA) is 9.23 Å². The third-order valence-electron chi connectivity index (χ3n) is 1.74. The maximum absolute atomic E-state index is 5.51. The van der Waals surface area contributed by atoms with Gasteiger partial charge in [0.25, 0.3) is 0 Å². The average Bonchev–Trinajstić information content (AvgIpc) is 2.14. The zero-order valence-corrected chi connectivity index (χ0v) is 9.30. The average molecular weight is 241 g/mol. The lowest BCUT2D eigenvalue weighted by molar-refractivity contribution is 0.349. The molecule has 1 nitrogen and oxygen atoms in total. The van der Waals surface area contributed by atoms with E-state index < -0.39 is 0 Å². The minimum absolute atomic E-state index is 0.604. The molecule has 0 saturated carbocycles. The predicted molar refractivity (Wildman–Crippen MR) is 59.1 cm³/mol. The van der Waals surface area contributed by atoms with Gasteiger partial charge in [0.15, 0.2) is 0 Å². The van der Waals surface area contributed by atoms with Gasteiger partial charge in [-0.25, -0.2) is 0 Å². The highest BCUT2D eigenvalue weighted by molar-refractivity contribution is 9.10. The monoisotopic (exact) mass is 240 g/mol. The van der Waals surface area contributed by atoms with Gasteiger partial charge in [0.1, 0.15) is 12.4 Å². The van der Waals surface area contributed by atoms with Crippen LogP contribution in [0.25, 0.3) is 0 Å². The fourth-order valence-electron chi connectivity index (χ4n) is 0.844. The van der Waals surface area contributed by atoms with Gasteiger partial charge in [0.05, 0.1) is 0 Å². The smallest absolute Gasteiger partial charge is 0.120 e. The zero-order chi connectivity index (χ0) is 9.68. The second kappa shape index (κ2) is 5.07. The first kappa shape index (κ1) is 10.3. The van der Waals surface area contributed by atoms with Crippen molar-refractivity contribution in [1.82, 2.24) is 0 Å². The molecule has 13 heavy (non-hydrogen) atoms. The standard InChI is InChI=1S/C11H13BrO/c1-3-9(2)8-13-11-6-4-5-10(12)7-11/h4-7H,2-3,8H2,1H3. The van der Waals surface area contributed by atoms with Crippen molar-refractivity contribution in [2.75, 3.05) is 6.61 Å². The Kier molecular flexibility index (Phi) is 4.03. The number of rotatable bonds is 4. The summed E-state index contributed by atoms with van der Waals surface area (Å²) in [5.41, 5.74) is 1.11. The van der Waals surface area contributed by atoms with E-state index in [0.29, 0.717) is 6.61 Å². The molecule has 0 saturated heterocycles. The van der Waals surface area contributed by atoms with E-state index >= 15 is 0 Å². The van der Waals surface area contributed by atoms with Crippen LogP contribution in [0.4, 0.5) is 0 Å². The SMILES string of the molecule is C=C(CC)COc1cccc(Br)c1. The van der Waals surface area contributed by atoms with E-state index in [4.69, 9.17) is 4.74 Å². The van der Waals surface area contributed by atoms with Crippen LogP contribution in [0.3, 0.4) is 0 Å². The molecule has 0 amide bonds. The predicted octanol–water partition coefficient (Wildman–Crippen LogP) is 3.79. The number of hydrogen-bond acceptors (Lipinski definition) is 1. The van der Waals surface area contributed by atoms with Gasteiger partial charge >= 0.3 is 0 Å². The normalized spacial score (nSPS) is 9.69. The van der Waals surface area contributed by atoms with Crippen molar-refractivity contribution in [1.29, 1.82) is 0 Å². The molecule has 0 unspecified atom stereocenters. The molecule has 0 aliphatic rings. The van der Waals surface area contributed by atoms with Crippen LogP contribution in [0.2, 0.25) is 0 Å². The molecule has 0 aromatic heterocycles. The molecule has 0 aliphatic carbocycles. The van der Waals surface area contributed by atoms with Crippen molar-refractivity contribution in [2.24, 2.45) is 0 Å². The largest absolute Gasteiger partial charge is 0.489 e. The second-order valence-corrected chi connectivity index (χ2v) is 3.77. The maximum atomic E-state index is 5.51. The zero-order valence-electron chi connectivity index (χ0n) is 7.72. The number of hydrogen-bond donors (Lipinski definition) is 0. The van der Waals surface area contributed by atoms with Crippen LogP contribution in [0, 0.1) is 0 Å². The molecule has 1 aromatic rings. The summed E-state index contributed by atoms with van der Waals surface area (Å²) in [6, 6.07) is 7.81. The summed E-state index contributed by atoms with van der Waals surface area (Å²) in [6.45, 7) is 6.55. The van der Waals surface area contributed by atoms with Crippen LogP contribution in [-0.4, -0.2) is 6.61 Å².